The van der Waals surface area contributed by atoms with Crippen LogP contribution in [0, 0.1) is 5.92 Å². The zero-order valence-electron chi connectivity index (χ0n) is 16.9. The van der Waals surface area contributed by atoms with Crippen molar-refractivity contribution >= 4 is 6.09 Å². The molecule has 0 saturated heterocycles. The van der Waals surface area contributed by atoms with Crippen LogP contribution in [0.2, 0.25) is 0 Å². The van der Waals surface area contributed by atoms with Gasteiger partial charge in [-0.05, 0) is 25.7 Å². The minimum Gasteiger partial charge on any atom is -0.450 e. The number of amides is 1. The summed E-state index contributed by atoms with van der Waals surface area (Å²) in [5.74, 6) is -0.562. The van der Waals surface area contributed by atoms with Crippen LogP contribution in [0.3, 0.4) is 0 Å². The third-order valence-electron chi connectivity index (χ3n) is 4.52. The average molecular weight is 362 g/mol. The fraction of sp³-hybridized carbons (Fsp3) is 0.947. The standard InChI is InChI=1S/C19H39NO5/c1-6-8-9-10-11-13-17(16-19(22-3,23-4)24-5)14-12-15-20-18(21)25-7-2/h17H,6-16H2,1-5H3,(H,20,21). The van der Waals surface area contributed by atoms with Gasteiger partial charge < -0.3 is 24.3 Å². The van der Waals surface area contributed by atoms with Gasteiger partial charge in [0.05, 0.1) is 6.61 Å². The number of carbonyl (C=O) groups excluding carboxylic acids is 1. The molecule has 0 heterocycles. The van der Waals surface area contributed by atoms with E-state index in [1.54, 1.807) is 28.3 Å². The first-order valence-electron chi connectivity index (χ1n) is 9.63. The van der Waals surface area contributed by atoms with Crippen LogP contribution in [0.4, 0.5) is 4.79 Å². The van der Waals surface area contributed by atoms with E-state index in [0.717, 1.165) is 19.3 Å². The van der Waals surface area contributed by atoms with E-state index in [0.29, 0.717) is 25.5 Å². The first-order chi connectivity index (χ1) is 12.1. The van der Waals surface area contributed by atoms with Crippen LogP contribution in [0.5, 0.6) is 0 Å². The average Bonchev–Trinajstić information content (AvgIpc) is 2.63. The SMILES string of the molecule is CCCCCCCC(CCCNC(=O)OCC)CC(OC)(OC)OC. The Morgan fingerprint density at radius 1 is 0.920 bits per heavy atom. The van der Waals surface area contributed by atoms with E-state index in [4.69, 9.17) is 18.9 Å². The highest BCUT2D eigenvalue weighted by Crippen LogP contribution is 2.29. The van der Waals surface area contributed by atoms with Gasteiger partial charge in [-0.2, -0.15) is 0 Å². The maximum Gasteiger partial charge on any atom is 0.407 e. The van der Waals surface area contributed by atoms with Crippen LogP contribution in [-0.2, 0) is 18.9 Å². The molecule has 6 nitrogen and oxygen atoms in total. The van der Waals surface area contributed by atoms with Crippen molar-refractivity contribution in [2.75, 3.05) is 34.5 Å². The predicted molar refractivity (Wildman–Crippen MR) is 99.5 cm³/mol. The lowest BCUT2D eigenvalue weighted by Gasteiger charge is -2.32. The molecule has 1 unspecified atom stereocenters. The number of nitrogens with one attached hydrogen (secondary N) is 1. The summed E-state index contributed by atoms with van der Waals surface area (Å²) in [7, 11) is 4.81. The quantitative estimate of drug-likeness (QED) is 0.324. The summed E-state index contributed by atoms with van der Waals surface area (Å²) >= 11 is 0. The zero-order chi connectivity index (χ0) is 19.0. The number of hydrogen-bond acceptors (Lipinski definition) is 5. The molecule has 25 heavy (non-hydrogen) atoms. The second kappa shape index (κ2) is 15.4. The Morgan fingerprint density at radius 3 is 2.08 bits per heavy atom. The Bertz CT molecular complexity index is 313. The summed E-state index contributed by atoms with van der Waals surface area (Å²) < 4.78 is 21.2. The first-order valence-corrected chi connectivity index (χ1v) is 9.63. The van der Waals surface area contributed by atoms with Gasteiger partial charge in [0, 0.05) is 34.3 Å². The molecule has 0 spiro atoms. The molecule has 0 aliphatic rings. The van der Waals surface area contributed by atoms with E-state index in [2.05, 4.69) is 12.2 Å². The molecule has 0 aliphatic carbocycles. The van der Waals surface area contributed by atoms with Crippen molar-refractivity contribution in [1.82, 2.24) is 5.32 Å². The van der Waals surface area contributed by atoms with Crippen molar-refractivity contribution in [2.45, 2.75) is 77.6 Å². The number of alkyl carbamates (subject to hydrolysis) is 1. The summed E-state index contributed by atoms with van der Waals surface area (Å²) in [6.07, 6.45) is 9.62. The van der Waals surface area contributed by atoms with Crippen LogP contribution >= 0.6 is 0 Å². The third-order valence-corrected chi connectivity index (χ3v) is 4.52. The smallest absolute Gasteiger partial charge is 0.407 e. The van der Waals surface area contributed by atoms with Crippen LogP contribution in [-0.4, -0.2) is 46.5 Å². The number of carbonyl (C=O) groups is 1. The van der Waals surface area contributed by atoms with Gasteiger partial charge in [-0.1, -0.05) is 45.4 Å². The summed E-state index contributed by atoms with van der Waals surface area (Å²) in [5, 5.41) is 2.77. The Labute approximate surface area is 153 Å². The lowest BCUT2D eigenvalue weighted by molar-refractivity contribution is -0.359. The normalized spacial score (nSPS) is 12.8. The van der Waals surface area contributed by atoms with Gasteiger partial charge in [-0.25, -0.2) is 4.79 Å². The number of rotatable bonds is 16. The summed E-state index contributed by atoms with van der Waals surface area (Å²) in [6, 6.07) is 0. The number of hydrogen-bond donors (Lipinski definition) is 1. The van der Waals surface area contributed by atoms with Gasteiger partial charge in [-0.3, -0.25) is 0 Å². The van der Waals surface area contributed by atoms with E-state index < -0.39 is 5.97 Å². The molecule has 0 aromatic carbocycles. The summed E-state index contributed by atoms with van der Waals surface area (Å²) in [5.41, 5.74) is 0. The van der Waals surface area contributed by atoms with E-state index in [9.17, 15) is 4.79 Å². The van der Waals surface area contributed by atoms with E-state index in [-0.39, 0.29) is 6.09 Å². The molecule has 0 saturated carbocycles. The molecule has 1 amide bonds. The molecule has 1 N–H and O–H groups in total. The highest BCUT2D eigenvalue weighted by Gasteiger charge is 2.32. The monoisotopic (exact) mass is 361 g/mol. The molecular formula is C19H39NO5. The van der Waals surface area contributed by atoms with E-state index in [1.807, 2.05) is 0 Å². The van der Waals surface area contributed by atoms with Crippen molar-refractivity contribution in [2.24, 2.45) is 5.92 Å². The van der Waals surface area contributed by atoms with Gasteiger partial charge in [0.2, 0.25) is 0 Å². The molecule has 150 valence electrons. The predicted octanol–water partition coefficient (Wildman–Crippen LogP) is 4.47. The number of unbranched alkanes of at least 4 members (excludes halogenated alkanes) is 4. The van der Waals surface area contributed by atoms with Gasteiger partial charge in [0.25, 0.3) is 5.97 Å². The molecule has 1 atom stereocenters. The molecule has 0 rings (SSSR count). The molecule has 0 bridgehead atoms. The Balaban J connectivity index is 4.38. The molecule has 0 radical (unpaired) electrons. The minimum atomic E-state index is -0.983. The third kappa shape index (κ3) is 11.4. The summed E-state index contributed by atoms with van der Waals surface area (Å²) in [4.78, 5) is 11.3. The molecule has 6 heteroatoms. The van der Waals surface area contributed by atoms with Gasteiger partial charge in [0.1, 0.15) is 0 Å². The fourth-order valence-electron chi connectivity index (χ4n) is 3.00. The Hall–Kier alpha value is -0.850. The highest BCUT2D eigenvalue weighted by atomic mass is 16.9. The second-order valence-electron chi connectivity index (χ2n) is 6.36. The van der Waals surface area contributed by atoms with Gasteiger partial charge in [0.15, 0.2) is 0 Å². The molecule has 0 aromatic rings. The maximum absolute atomic E-state index is 11.3. The van der Waals surface area contributed by atoms with E-state index in [1.165, 1.54) is 32.1 Å². The van der Waals surface area contributed by atoms with Crippen molar-refractivity contribution in [3.8, 4) is 0 Å². The lowest BCUT2D eigenvalue weighted by Crippen LogP contribution is -2.38. The largest absolute Gasteiger partial charge is 0.450 e. The second-order valence-corrected chi connectivity index (χ2v) is 6.36. The van der Waals surface area contributed by atoms with Crippen molar-refractivity contribution in [3.63, 3.8) is 0 Å². The molecular weight excluding hydrogens is 322 g/mol. The first kappa shape index (κ1) is 24.1. The van der Waals surface area contributed by atoms with Crippen LogP contribution in [0.25, 0.3) is 0 Å². The van der Waals surface area contributed by atoms with Crippen molar-refractivity contribution in [1.29, 1.82) is 0 Å². The van der Waals surface area contributed by atoms with Gasteiger partial charge in [-0.15, -0.1) is 0 Å². The number of ether oxygens (including phenoxy) is 4. The van der Waals surface area contributed by atoms with Crippen molar-refractivity contribution in [3.05, 3.63) is 0 Å². The van der Waals surface area contributed by atoms with Crippen LogP contribution in [0.1, 0.15) is 71.6 Å². The topological polar surface area (TPSA) is 66.0 Å². The number of methoxy groups -OCH3 is 3. The zero-order valence-corrected chi connectivity index (χ0v) is 16.9. The van der Waals surface area contributed by atoms with E-state index >= 15 is 0 Å². The Morgan fingerprint density at radius 2 is 1.52 bits per heavy atom. The minimum absolute atomic E-state index is 0.348. The van der Waals surface area contributed by atoms with Gasteiger partial charge >= 0.3 is 6.09 Å². The fourth-order valence-corrected chi connectivity index (χ4v) is 3.00. The van der Waals surface area contributed by atoms with Crippen LogP contribution in [0.15, 0.2) is 0 Å². The summed E-state index contributed by atoms with van der Waals surface area (Å²) in [6.45, 7) is 5.03. The van der Waals surface area contributed by atoms with Crippen molar-refractivity contribution < 1.29 is 23.7 Å². The molecule has 0 fully saturated rings. The molecule has 0 aromatic heterocycles. The van der Waals surface area contributed by atoms with Crippen LogP contribution < -0.4 is 5.32 Å². The maximum atomic E-state index is 11.3. The molecule has 0 aliphatic heterocycles. The lowest BCUT2D eigenvalue weighted by atomic mass is 9.91. The Kier molecular flexibility index (Phi) is 14.9. The highest BCUT2D eigenvalue weighted by molar-refractivity contribution is 5.66.